The number of H-pyrrole nitrogens is 1. The number of nitrogens with one attached hydrogen (secondary N) is 1. The van der Waals surface area contributed by atoms with Crippen LogP contribution in [-0.4, -0.2) is 21.0 Å². The zero-order valence-corrected chi connectivity index (χ0v) is 8.87. The Morgan fingerprint density at radius 1 is 1.64 bits per heavy atom. The number of aromatic carboxylic acids is 1. The van der Waals surface area contributed by atoms with E-state index in [2.05, 4.69) is 9.97 Å². The summed E-state index contributed by atoms with van der Waals surface area (Å²) < 4.78 is 13.3. The number of fused-ring (bicyclic) bond motifs is 1. The van der Waals surface area contributed by atoms with Crippen molar-refractivity contribution >= 4 is 39.6 Å². The average Bonchev–Trinajstić information content (AvgIpc) is 2.44. The highest BCUT2D eigenvalue weighted by molar-refractivity contribution is 14.1. The van der Waals surface area contributed by atoms with Crippen LogP contribution in [-0.2, 0) is 0 Å². The van der Waals surface area contributed by atoms with Gasteiger partial charge < -0.3 is 10.1 Å². The number of rotatable bonds is 1. The van der Waals surface area contributed by atoms with E-state index in [1.165, 1.54) is 6.07 Å². The van der Waals surface area contributed by atoms with E-state index >= 15 is 0 Å². The molecule has 0 amide bonds. The van der Waals surface area contributed by atoms with Gasteiger partial charge in [-0.1, -0.05) is 0 Å². The molecule has 0 aliphatic heterocycles. The second kappa shape index (κ2) is 3.19. The number of carbonyl (C=O) groups is 1. The standard InChI is InChI=1S/C8H4FIN2O2/c9-3-1-4-5(10)6(8(13)14)12-7(4)11-2-3/h1-2H,(H,11,12)(H,13,14). The van der Waals surface area contributed by atoms with Gasteiger partial charge >= 0.3 is 5.97 Å². The fourth-order valence-electron chi connectivity index (χ4n) is 1.16. The van der Waals surface area contributed by atoms with Gasteiger partial charge in [0.25, 0.3) is 0 Å². The number of hydrogen-bond donors (Lipinski definition) is 2. The molecule has 0 saturated heterocycles. The summed E-state index contributed by atoms with van der Waals surface area (Å²) in [7, 11) is 0. The molecule has 0 aliphatic carbocycles. The molecule has 4 nitrogen and oxygen atoms in total. The van der Waals surface area contributed by atoms with E-state index < -0.39 is 11.8 Å². The van der Waals surface area contributed by atoms with Crippen LogP contribution >= 0.6 is 22.6 Å². The number of aromatic amines is 1. The predicted octanol–water partition coefficient (Wildman–Crippen LogP) is 2.00. The van der Waals surface area contributed by atoms with Gasteiger partial charge in [0.15, 0.2) is 0 Å². The summed E-state index contributed by atoms with van der Waals surface area (Å²) in [6.45, 7) is 0. The van der Waals surface area contributed by atoms with Crippen molar-refractivity contribution in [1.82, 2.24) is 9.97 Å². The van der Waals surface area contributed by atoms with E-state index in [0.29, 0.717) is 14.6 Å². The Bertz CT molecular complexity index is 523. The van der Waals surface area contributed by atoms with Crippen LogP contribution in [0.3, 0.4) is 0 Å². The molecule has 2 aromatic heterocycles. The van der Waals surface area contributed by atoms with E-state index in [1.54, 1.807) is 0 Å². The smallest absolute Gasteiger partial charge is 0.353 e. The highest BCUT2D eigenvalue weighted by Gasteiger charge is 2.15. The van der Waals surface area contributed by atoms with Gasteiger partial charge in [0.1, 0.15) is 17.2 Å². The maximum absolute atomic E-state index is 12.8. The van der Waals surface area contributed by atoms with Crippen LogP contribution in [0, 0.1) is 9.39 Å². The molecule has 0 radical (unpaired) electrons. The Balaban J connectivity index is 2.80. The summed E-state index contributed by atoms with van der Waals surface area (Å²) in [5.74, 6) is -1.56. The first-order valence-electron chi connectivity index (χ1n) is 3.65. The topological polar surface area (TPSA) is 66.0 Å². The molecular weight excluding hydrogens is 302 g/mol. The summed E-state index contributed by atoms with van der Waals surface area (Å²) >= 11 is 1.85. The highest BCUT2D eigenvalue weighted by Crippen LogP contribution is 2.23. The molecule has 2 N–H and O–H groups in total. The molecule has 0 unspecified atom stereocenters. The van der Waals surface area contributed by atoms with Gasteiger partial charge in [-0.3, -0.25) is 0 Å². The number of carboxylic acids is 1. The summed E-state index contributed by atoms with van der Waals surface area (Å²) in [6, 6.07) is 1.26. The Morgan fingerprint density at radius 2 is 2.36 bits per heavy atom. The van der Waals surface area contributed by atoms with Crippen molar-refractivity contribution in [3.63, 3.8) is 0 Å². The Hall–Kier alpha value is -1.18. The molecule has 6 heteroatoms. The number of aromatic nitrogens is 2. The Kier molecular flexibility index (Phi) is 2.14. The second-order valence-corrected chi connectivity index (χ2v) is 3.75. The summed E-state index contributed by atoms with van der Waals surface area (Å²) in [4.78, 5) is 17.1. The number of carboxylic acid groups (broad SMARTS) is 1. The summed E-state index contributed by atoms with van der Waals surface area (Å²) in [5, 5.41) is 9.27. The lowest BCUT2D eigenvalue weighted by atomic mass is 10.3. The van der Waals surface area contributed by atoms with Crippen molar-refractivity contribution < 1.29 is 14.3 Å². The van der Waals surface area contributed by atoms with Crippen LogP contribution in [0.5, 0.6) is 0 Å². The van der Waals surface area contributed by atoms with Gasteiger partial charge in [0.05, 0.1) is 9.77 Å². The lowest BCUT2D eigenvalue weighted by molar-refractivity contribution is 0.0690. The molecule has 2 heterocycles. The van der Waals surface area contributed by atoms with Crippen molar-refractivity contribution in [2.24, 2.45) is 0 Å². The number of halogens is 2. The zero-order valence-electron chi connectivity index (χ0n) is 6.71. The molecule has 0 saturated carbocycles. The minimum Gasteiger partial charge on any atom is -0.477 e. The first kappa shape index (κ1) is 9.38. The third-order valence-corrected chi connectivity index (χ3v) is 2.89. The number of hydrogen-bond acceptors (Lipinski definition) is 2. The highest BCUT2D eigenvalue weighted by atomic mass is 127. The van der Waals surface area contributed by atoms with Gasteiger partial charge in [-0.25, -0.2) is 14.2 Å². The minimum atomic E-state index is -1.08. The molecule has 0 spiro atoms. The largest absolute Gasteiger partial charge is 0.477 e. The van der Waals surface area contributed by atoms with Crippen molar-refractivity contribution in [2.75, 3.05) is 0 Å². The summed E-state index contributed by atoms with van der Waals surface area (Å²) in [5.41, 5.74) is 0.423. The Labute approximate surface area is 91.3 Å². The summed E-state index contributed by atoms with van der Waals surface area (Å²) in [6.07, 6.45) is 1.04. The molecule has 0 bridgehead atoms. The molecule has 14 heavy (non-hydrogen) atoms. The first-order valence-corrected chi connectivity index (χ1v) is 4.73. The monoisotopic (exact) mass is 306 g/mol. The van der Waals surface area contributed by atoms with E-state index in [0.717, 1.165) is 6.20 Å². The predicted molar refractivity (Wildman–Crippen MR) is 55.7 cm³/mol. The van der Waals surface area contributed by atoms with E-state index in [9.17, 15) is 9.18 Å². The molecule has 0 atom stereocenters. The molecule has 72 valence electrons. The average molecular weight is 306 g/mol. The van der Waals surface area contributed by atoms with Gasteiger partial charge in [0, 0.05) is 5.39 Å². The molecular formula is C8H4FIN2O2. The van der Waals surface area contributed by atoms with Crippen LogP contribution in [0.2, 0.25) is 0 Å². The molecule has 0 aromatic carbocycles. The number of nitrogens with zero attached hydrogens (tertiary/aromatic N) is 1. The second-order valence-electron chi connectivity index (χ2n) is 2.67. The van der Waals surface area contributed by atoms with Crippen LogP contribution < -0.4 is 0 Å². The maximum Gasteiger partial charge on any atom is 0.353 e. The fraction of sp³-hybridized carbons (Fsp3) is 0. The SMILES string of the molecule is O=C(O)c1[nH]c2ncc(F)cc2c1I. The van der Waals surface area contributed by atoms with Crippen molar-refractivity contribution in [3.8, 4) is 0 Å². The van der Waals surface area contributed by atoms with Gasteiger partial charge in [-0.2, -0.15) is 0 Å². The van der Waals surface area contributed by atoms with Crippen molar-refractivity contribution in [2.45, 2.75) is 0 Å². The lowest BCUT2D eigenvalue weighted by Gasteiger charge is -1.89. The third-order valence-electron chi connectivity index (χ3n) is 1.77. The molecule has 2 aromatic rings. The number of pyridine rings is 1. The molecule has 0 fully saturated rings. The van der Waals surface area contributed by atoms with Crippen LogP contribution in [0.1, 0.15) is 10.5 Å². The third kappa shape index (κ3) is 1.35. The first-order chi connectivity index (χ1) is 6.59. The fourth-order valence-corrected chi connectivity index (χ4v) is 1.94. The van der Waals surface area contributed by atoms with Crippen molar-refractivity contribution in [3.05, 3.63) is 27.3 Å². The van der Waals surface area contributed by atoms with Crippen LogP contribution in [0.4, 0.5) is 4.39 Å². The zero-order chi connectivity index (χ0) is 10.3. The maximum atomic E-state index is 12.8. The van der Waals surface area contributed by atoms with E-state index in [4.69, 9.17) is 5.11 Å². The Morgan fingerprint density at radius 3 is 3.00 bits per heavy atom. The molecule has 0 aliphatic rings. The quantitative estimate of drug-likeness (QED) is 0.792. The van der Waals surface area contributed by atoms with Crippen LogP contribution in [0.25, 0.3) is 11.0 Å². The van der Waals surface area contributed by atoms with Gasteiger partial charge in [-0.05, 0) is 28.7 Å². The van der Waals surface area contributed by atoms with Gasteiger partial charge in [-0.15, -0.1) is 0 Å². The van der Waals surface area contributed by atoms with Crippen molar-refractivity contribution in [1.29, 1.82) is 0 Å². The van der Waals surface area contributed by atoms with E-state index in [-0.39, 0.29) is 5.69 Å². The van der Waals surface area contributed by atoms with E-state index in [1.807, 2.05) is 22.6 Å². The van der Waals surface area contributed by atoms with Crippen LogP contribution in [0.15, 0.2) is 12.3 Å². The van der Waals surface area contributed by atoms with Gasteiger partial charge in [0.2, 0.25) is 0 Å². The molecule has 2 rings (SSSR count). The normalized spacial score (nSPS) is 10.7. The lowest BCUT2D eigenvalue weighted by Crippen LogP contribution is -1.98. The minimum absolute atomic E-state index is 0.0405.